The van der Waals surface area contributed by atoms with Crippen LogP contribution in [0.25, 0.3) is 11.0 Å². The molecule has 1 aromatic carbocycles. The van der Waals surface area contributed by atoms with E-state index in [2.05, 4.69) is 0 Å². The number of fused-ring (bicyclic) bond motifs is 1. The highest BCUT2D eigenvalue weighted by Crippen LogP contribution is 2.34. The summed E-state index contributed by atoms with van der Waals surface area (Å²) in [5.41, 5.74) is 1.22. The number of esters is 1. The SMILES string of the molecule is COC(=O)C[C@@H](c1ccc2c(c1)n(C)c(=O)n2C)c1oc(C)cc(=O)c1O. The van der Waals surface area contributed by atoms with Crippen molar-refractivity contribution in [2.75, 3.05) is 7.11 Å². The summed E-state index contributed by atoms with van der Waals surface area (Å²) >= 11 is 0. The van der Waals surface area contributed by atoms with Crippen LogP contribution in [0.1, 0.15) is 29.4 Å². The van der Waals surface area contributed by atoms with Gasteiger partial charge in [-0.15, -0.1) is 0 Å². The first kappa shape index (κ1) is 18.5. The molecule has 8 nitrogen and oxygen atoms in total. The van der Waals surface area contributed by atoms with Crippen molar-refractivity contribution in [1.29, 1.82) is 0 Å². The molecule has 0 fully saturated rings. The first-order chi connectivity index (χ1) is 12.7. The Bertz CT molecular complexity index is 1150. The minimum Gasteiger partial charge on any atom is -0.502 e. The fraction of sp³-hybridized carbons (Fsp3) is 0.316. The molecule has 3 aromatic rings. The number of ether oxygens (including phenoxy) is 1. The highest BCUT2D eigenvalue weighted by molar-refractivity contribution is 5.78. The lowest BCUT2D eigenvalue weighted by Crippen LogP contribution is -2.19. The summed E-state index contributed by atoms with van der Waals surface area (Å²) in [6, 6.07) is 6.41. The Morgan fingerprint density at radius 1 is 1.19 bits per heavy atom. The van der Waals surface area contributed by atoms with Crippen LogP contribution in [0.2, 0.25) is 0 Å². The van der Waals surface area contributed by atoms with Gasteiger partial charge in [-0.3, -0.25) is 18.7 Å². The lowest BCUT2D eigenvalue weighted by atomic mass is 9.92. The summed E-state index contributed by atoms with van der Waals surface area (Å²) < 4.78 is 13.3. The van der Waals surface area contributed by atoms with Gasteiger partial charge in [-0.2, -0.15) is 0 Å². The van der Waals surface area contributed by atoms with Gasteiger partial charge in [-0.1, -0.05) is 6.07 Å². The summed E-state index contributed by atoms with van der Waals surface area (Å²) in [7, 11) is 4.57. The van der Waals surface area contributed by atoms with Gasteiger partial charge in [0.2, 0.25) is 11.2 Å². The number of rotatable bonds is 4. The number of carbonyl (C=O) groups is 1. The number of aryl methyl sites for hydroxylation is 3. The number of aromatic hydroxyl groups is 1. The molecule has 0 amide bonds. The zero-order chi connectivity index (χ0) is 19.9. The van der Waals surface area contributed by atoms with Crippen LogP contribution >= 0.6 is 0 Å². The second-order valence-electron chi connectivity index (χ2n) is 6.42. The number of hydrogen-bond acceptors (Lipinski definition) is 6. The van der Waals surface area contributed by atoms with Gasteiger partial charge in [0, 0.05) is 20.2 Å². The number of aromatic nitrogens is 2. The molecule has 0 aliphatic carbocycles. The third-order valence-corrected chi connectivity index (χ3v) is 4.69. The van der Waals surface area contributed by atoms with E-state index in [0.717, 1.165) is 5.52 Å². The average molecular weight is 372 g/mol. The first-order valence-electron chi connectivity index (χ1n) is 8.30. The minimum absolute atomic E-state index is 0.00863. The molecule has 0 unspecified atom stereocenters. The second-order valence-corrected chi connectivity index (χ2v) is 6.42. The van der Waals surface area contributed by atoms with Crippen molar-refractivity contribution in [2.24, 2.45) is 14.1 Å². The fourth-order valence-corrected chi connectivity index (χ4v) is 3.21. The molecule has 1 atom stereocenters. The van der Waals surface area contributed by atoms with E-state index in [9.17, 15) is 19.5 Å². The summed E-state index contributed by atoms with van der Waals surface area (Å²) in [6.45, 7) is 1.59. The molecule has 0 aliphatic rings. The molecule has 2 aromatic heterocycles. The summed E-state index contributed by atoms with van der Waals surface area (Å²) in [5, 5.41) is 10.2. The average Bonchev–Trinajstić information content (AvgIpc) is 2.86. The van der Waals surface area contributed by atoms with Crippen molar-refractivity contribution in [3.05, 3.63) is 62.1 Å². The van der Waals surface area contributed by atoms with Gasteiger partial charge >= 0.3 is 11.7 Å². The van der Waals surface area contributed by atoms with Gasteiger partial charge in [-0.05, 0) is 24.6 Å². The number of methoxy groups -OCH3 is 1. The van der Waals surface area contributed by atoms with E-state index in [1.807, 2.05) is 0 Å². The van der Waals surface area contributed by atoms with Gasteiger partial charge in [-0.25, -0.2) is 4.79 Å². The topological polar surface area (TPSA) is 104 Å². The van der Waals surface area contributed by atoms with Crippen molar-refractivity contribution < 1.29 is 19.1 Å². The molecule has 0 saturated heterocycles. The molecule has 0 saturated carbocycles. The standard InChI is InChI=1S/C19H20N2O6/c1-10-7-15(22)17(24)18(27-10)12(9-16(23)26-4)11-5-6-13-14(8-11)21(3)19(25)20(13)2/h5-8,12,24H,9H2,1-4H3/t12-/m0/s1. The third-order valence-electron chi connectivity index (χ3n) is 4.69. The van der Waals surface area contributed by atoms with E-state index in [0.29, 0.717) is 16.8 Å². The Morgan fingerprint density at radius 2 is 1.85 bits per heavy atom. The number of benzene rings is 1. The molecule has 0 spiro atoms. The molecule has 142 valence electrons. The zero-order valence-corrected chi connectivity index (χ0v) is 15.5. The number of hydrogen-bond donors (Lipinski definition) is 1. The molecule has 3 rings (SSSR count). The summed E-state index contributed by atoms with van der Waals surface area (Å²) in [4.78, 5) is 36.1. The minimum atomic E-state index is -0.746. The smallest absolute Gasteiger partial charge is 0.328 e. The van der Waals surface area contributed by atoms with E-state index in [-0.39, 0.29) is 17.9 Å². The number of nitrogens with zero attached hydrogens (tertiary/aromatic N) is 2. The Morgan fingerprint density at radius 3 is 2.52 bits per heavy atom. The molecule has 0 bridgehead atoms. The van der Waals surface area contributed by atoms with E-state index in [1.165, 1.54) is 22.3 Å². The van der Waals surface area contributed by atoms with Crippen LogP contribution in [-0.4, -0.2) is 27.3 Å². The first-order valence-corrected chi connectivity index (χ1v) is 8.30. The molecule has 1 N–H and O–H groups in total. The van der Waals surface area contributed by atoms with Gasteiger partial charge < -0.3 is 14.3 Å². The summed E-state index contributed by atoms with van der Waals surface area (Å²) in [6.07, 6.45) is -0.136. The van der Waals surface area contributed by atoms with Crippen LogP contribution in [-0.2, 0) is 23.6 Å². The van der Waals surface area contributed by atoms with Gasteiger partial charge in [0.25, 0.3) is 0 Å². The quantitative estimate of drug-likeness (QED) is 0.697. The normalized spacial score (nSPS) is 12.3. The van der Waals surface area contributed by atoms with Gasteiger partial charge in [0.05, 0.1) is 30.5 Å². The van der Waals surface area contributed by atoms with Crippen molar-refractivity contribution in [3.8, 4) is 5.75 Å². The molecule has 2 heterocycles. The van der Waals surface area contributed by atoms with Crippen molar-refractivity contribution in [3.63, 3.8) is 0 Å². The zero-order valence-electron chi connectivity index (χ0n) is 15.5. The van der Waals surface area contributed by atoms with E-state index in [4.69, 9.17) is 9.15 Å². The van der Waals surface area contributed by atoms with Crippen LogP contribution in [0.5, 0.6) is 5.75 Å². The lowest BCUT2D eigenvalue weighted by molar-refractivity contribution is -0.140. The predicted molar refractivity (Wildman–Crippen MR) is 98.0 cm³/mol. The van der Waals surface area contributed by atoms with Crippen LogP contribution in [0.15, 0.2) is 38.3 Å². The predicted octanol–water partition coefficient (Wildman–Crippen LogP) is 1.54. The van der Waals surface area contributed by atoms with Crippen LogP contribution < -0.4 is 11.1 Å². The molecular formula is C19H20N2O6. The maximum atomic E-state index is 12.2. The highest BCUT2D eigenvalue weighted by atomic mass is 16.5. The largest absolute Gasteiger partial charge is 0.502 e. The molecule has 8 heteroatoms. The van der Waals surface area contributed by atoms with Crippen molar-refractivity contribution in [2.45, 2.75) is 19.3 Å². The Balaban J connectivity index is 2.24. The summed E-state index contributed by atoms with van der Waals surface area (Å²) in [5.74, 6) is -1.51. The number of imidazole rings is 1. The molecule has 27 heavy (non-hydrogen) atoms. The Labute approximate surface area is 154 Å². The second kappa shape index (κ2) is 6.79. The monoisotopic (exact) mass is 372 g/mol. The Hall–Kier alpha value is -3.29. The van der Waals surface area contributed by atoms with Crippen LogP contribution in [0.3, 0.4) is 0 Å². The lowest BCUT2D eigenvalue weighted by Gasteiger charge is -2.17. The molecule has 0 radical (unpaired) electrons. The third kappa shape index (κ3) is 3.14. The van der Waals surface area contributed by atoms with Gasteiger partial charge in [0.1, 0.15) is 5.76 Å². The maximum Gasteiger partial charge on any atom is 0.328 e. The number of carbonyl (C=O) groups excluding carboxylic acids is 1. The van der Waals surface area contributed by atoms with E-state index in [1.54, 1.807) is 39.2 Å². The Kier molecular flexibility index (Phi) is 4.65. The van der Waals surface area contributed by atoms with Crippen LogP contribution in [0.4, 0.5) is 0 Å². The maximum absolute atomic E-state index is 12.2. The highest BCUT2D eigenvalue weighted by Gasteiger charge is 2.27. The van der Waals surface area contributed by atoms with Crippen molar-refractivity contribution >= 4 is 17.0 Å². The molecule has 0 aliphatic heterocycles. The fourth-order valence-electron chi connectivity index (χ4n) is 3.21. The van der Waals surface area contributed by atoms with Crippen molar-refractivity contribution in [1.82, 2.24) is 9.13 Å². The van der Waals surface area contributed by atoms with E-state index >= 15 is 0 Å². The van der Waals surface area contributed by atoms with E-state index < -0.39 is 23.1 Å². The van der Waals surface area contributed by atoms with Gasteiger partial charge in [0.15, 0.2) is 5.76 Å². The van der Waals surface area contributed by atoms with Crippen LogP contribution in [0, 0.1) is 6.92 Å². The molecular weight excluding hydrogens is 352 g/mol.